The Morgan fingerprint density at radius 1 is 0.370 bits per heavy atom. The van der Waals surface area contributed by atoms with Gasteiger partial charge in [0, 0.05) is 33.4 Å². The van der Waals surface area contributed by atoms with Crippen LogP contribution < -0.4 is 4.74 Å². The number of rotatable bonds is 4. The first kappa shape index (κ1) is 30.3. The van der Waals surface area contributed by atoms with Gasteiger partial charge in [0.05, 0.1) is 28.3 Å². The SMILES string of the molecule is c1ccc(-c2nc(-c3ccccc3)nc(-c3ccc4c(c3)C3(c5ccccc5Oc5ccccc53)c3cc(-c5cnc6ccccc6n5)ccc3-4)n2)cc1. The van der Waals surface area contributed by atoms with Crippen LogP contribution in [0.3, 0.4) is 0 Å². The lowest BCUT2D eigenvalue weighted by molar-refractivity contribution is 0.436. The van der Waals surface area contributed by atoms with Crippen molar-refractivity contribution in [1.29, 1.82) is 0 Å². The third-order valence-electron chi connectivity index (χ3n) is 10.6. The lowest BCUT2D eigenvalue weighted by Crippen LogP contribution is -2.32. The fraction of sp³-hybridized carbons (Fsp3) is 0.0208. The summed E-state index contributed by atoms with van der Waals surface area (Å²) in [5.74, 6) is 3.52. The number of hydrogen-bond acceptors (Lipinski definition) is 6. The second-order valence-electron chi connectivity index (χ2n) is 13.6. The topological polar surface area (TPSA) is 73.7 Å². The number of hydrogen-bond donors (Lipinski definition) is 0. The molecule has 0 N–H and O–H groups in total. The van der Waals surface area contributed by atoms with Crippen molar-refractivity contribution in [2.75, 3.05) is 0 Å². The molecule has 2 aromatic heterocycles. The van der Waals surface area contributed by atoms with Crippen LogP contribution in [0.2, 0.25) is 0 Å². The van der Waals surface area contributed by atoms with Crippen molar-refractivity contribution in [3.05, 3.63) is 198 Å². The van der Waals surface area contributed by atoms with Gasteiger partial charge in [0.2, 0.25) is 0 Å². The first-order chi connectivity index (χ1) is 26.7. The molecule has 0 bridgehead atoms. The van der Waals surface area contributed by atoms with E-state index in [1.807, 2.05) is 103 Å². The Bertz CT molecular complexity index is 2820. The van der Waals surface area contributed by atoms with Crippen molar-refractivity contribution >= 4 is 11.0 Å². The number of para-hydroxylation sites is 4. The highest BCUT2D eigenvalue weighted by Gasteiger charge is 2.51. The highest BCUT2D eigenvalue weighted by atomic mass is 16.5. The lowest BCUT2D eigenvalue weighted by atomic mass is 9.65. The molecule has 9 aromatic rings. The van der Waals surface area contributed by atoms with E-state index in [0.717, 1.165) is 83.9 Å². The zero-order valence-electron chi connectivity index (χ0n) is 28.9. The molecule has 54 heavy (non-hydrogen) atoms. The van der Waals surface area contributed by atoms with E-state index in [1.165, 1.54) is 0 Å². The van der Waals surface area contributed by atoms with Crippen molar-refractivity contribution in [3.8, 4) is 68.0 Å². The minimum atomic E-state index is -0.704. The Hall–Kier alpha value is -7.31. The summed E-state index contributed by atoms with van der Waals surface area (Å²) >= 11 is 0. The average Bonchev–Trinajstić information content (AvgIpc) is 3.53. The van der Waals surface area contributed by atoms with Crippen LogP contribution in [0.1, 0.15) is 22.3 Å². The standard InChI is InChI=1S/C48H29N5O/c1-3-13-30(14-4-1)45-51-46(31-15-5-2-6-16-31)53-47(52-45)33-24-26-35-34-25-23-32(42-29-49-40-19-9-10-20-41(40)50-42)27-38(34)48(39(35)28-33)36-17-7-11-21-43(36)54-44-22-12-8-18-37(44)48/h1-29H. The predicted octanol–water partition coefficient (Wildman–Crippen LogP) is 11.0. The van der Waals surface area contributed by atoms with Crippen molar-refractivity contribution < 1.29 is 4.74 Å². The van der Waals surface area contributed by atoms with E-state index in [2.05, 4.69) is 72.8 Å². The first-order valence-electron chi connectivity index (χ1n) is 18.0. The number of ether oxygens (including phenoxy) is 1. The van der Waals surface area contributed by atoms with Gasteiger partial charge in [0.25, 0.3) is 0 Å². The summed E-state index contributed by atoms with van der Waals surface area (Å²) in [6.07, 6.45) is 1.87. The van der Waals surface area contributed by atoms with Crippen LogP contribution in [0, 0.1) is 0 Å². The van der Waals surface area contributed by atoms with Crippen LogP contribution in [-0.2, 0) is 5.41 Å². The van der Waals surface area contributed by atoms with Gasteiger partial charge in [-0.15, -0.1) is 0 Å². The van der Waals surface area contributed by atoms with Gasteiger partial charge < -0.3 is 4.74 Å². The zero-order valence-corrected chi connectivity index (χ0v) is 28.9. The van der Waals surface area contributed by atoms with Crippen molar-refractivity contribution in [3.63, 3.8) is 0 Å². The molecular formula is C48H29N5O. The Morgan fingerprint density at radius 3 is 1.46 bits per heavy atom. The first-order valence-corrected chi connectivity index (χ1v) is 18.0. The van der Waals surface area contributed by atoms with Crippen LogP contribution in [0.15, 0.2) is 176 Å². The van der Waals surface area contributed by atoms with Gasteiger partial charge in [0.1, 0.15) is 11.5 Å². The summed E-state index contributed by atoms with van der Waals surface area (Å²) in [5.41, 5.74) is 12.4. The van der Waals surface area contributed by atoms with E-state index in [-0.39, 0.29) is 0 Å². The molecule has 7 aromatic carbocycles. The molecule has 1 aliphatic carbocycles. The zero-order chi connectivity index (χ0) is 35.6. The molecule has 252 valence electrons. The second-order valence-corrected chi connectivity index (χ2v) is 13.6. The quantitative estimate of drug-likeness (QED) is 0.183. The molecule has 0 atom stereocenters. The van der Waals surface area contributed by atoms with E-state index >= 15 is 0 Å². The van der Waals surface area contributed by atoms with Gasteiger partial charge >= 0.3 is 0 Å². The Balaban J connectivity index is 1.18. The highest BCUT2D eigenvalue weighted by Crippen LogP contribution is 2.62. The number of fused-ring (bicyclic) bond motifs is 10. The van der Waals surface area contributed by atoms with Crippen LogP contribution in [0.25, 0.3) is 67.6 Å². The normalized spacial score (nSPS) is 13.1. The van der Waals surface area contributed by atoms with Crippen LogP contribution in [0.4, 0.5) is 0 Å². The third kappa shape index (κ3) is 4.57. The summed E-state index contributed by atoms with van der Waals surface area (Å²) in [4.78, 5) is 25.0. The van der Waals surface area contributed by atoms with Crippen LogP contribution in [-0.4, -0.2) is 24.9 Å². The van der Waals surface area contributed by atoms with Gasteiger partial charge in [-0.1, -0.05) is 133 Å². The number of aromatic nitrogens is 5. The Kier molecular flexibility index (Phi) is 6.67. The molecule has 11 rings (SSSR count). The second kappa shape index (κ2) is 11.9. The monoisotopic (exact) mass is 691 g/mol. The molecule has 0 radical (unpaired) electrons. The highest BCUT2D eigenvalue weighted by molar-refractivity contribution is 5.91. The summed E-state index contributed by atoms with van der Waals surface area (Å²) in [7, 11) is 0. The largest absolute Gasteiger partial charge is 0.457 e. The van der Waals surface area contributed by atoms with E-state index in [4.69, 9.17) is 29.7 Å². The maximum atomic E-state index is 6.65. The maximum Gasteiger partial charge on any atom is 0.164 e. The number of benzene rings is 7. The molecule has 6 nitrogen and oxygen atoms in total. The van der Waals surface area contributed by atoms with E-state index < -0.39 is 5.41 Å². The molecule has 0 saturated heterocycles. The van der Waals surface area contributed by atoms with Crippen molar-refractivity contribution in [1.82, 2.24) is 24.9 Å². The summed E-state index contributed by atoms with van der Waals surface area (Å²) in [5, 5.41) is 0. The Morgan fingerprint density at radius 2 is 0.852 bits per heavy atom. The fourth-order valence-corrected chi connectivity index (χ4v) is 8.23. The minimum absolute atomic E-state index is 0.609. The molecule has 2 aliphatic rings. The molecule has 0 amide bonds. The van der Waals surface area contributed by atoms with E-state index in [0.29, 0.717) is 17.5 Å². The summed E-state index contributed by atoms with van der Waals surface area (Å²) in [6, 6.07) is 58.3. The summed E-state index contributed by atoms with van der Waals surface area (Å²) < 4.78 is 6.65. The fourth-order valence-electron chi connectivity index (χ4n) is 8.23. The molecular weight excluding hydrogens is 663 g/mol. The number of nitrogens with zero attached hydrogens (tertiary/aromatic N) is 5. The average molecular weight is 692 g/mol. The van der Waals surface area contributed by atoms with Crippen molar-refractivity contribution in [2.45, 2.75) is 5.41 Å². The molecule has 6 heteroatoms. The van der Waals surface area contributed by atoms with E-state index in [1.54, 1.807) is 0 Å². The molecule has 1 spiro atoms. The van der Waals surface area contributed by atoms with Gasteiger partial charge in [-0.3, -0.25) is 4.98 Å². The van der Waals surface area contributed by atoms with Crippen LogP contribution >= 0.6 is 0 Å². The maximum absolute atomic E-state index is 6.65. The van der Waals surface area contributed by atoms with E-state index in [9.17, 15) is 0 Å². The minimum Gasteiger partial charge on any atom is -0.457 e. The summed E-state index contributed by atoms with van der Waals surface area (Å²) in [6.45, 7) is 0. The van der Waals surface area contributed by atoms with Gasteiger partial charge in [0.15, 0.2) is 17.5 Å². The lowest BCUT2D eigenvalue weighted by Gasteiger charge is -2.39. The predicted molar refractivity (Wildman–Crippen MR) is 212 cm³/mol. The Labute approximate surface area is 311 Å². The molecule has 0 unspecified atom stereocenters. The molecule has 0 fully saturated rings. The van der Waals surface area contributed by atoms with Gasteiger partial charge in [-0.05, 0) is 58.7 Å². The third-order valence-corrected chi connectivity index (χ3v) is 10.6. The van der Waals surface area contributed by atoms with Crippen LogP contribution in [0.5, 0.6) is 11.5 Å². The van der Waals surface area contributed by atoms with Crippen molar-refractivity contribution in [2.24, 2.45) is 0 Å². The van der Waals surface area contributed by atoms with Gasteiger partial charge in [-0.25, -0.2) is 19.9 Å². The van der Waals surface area contributed by atoms with Gasteiger partial charge in [-0.2, -0.15) is 0 Å². The molecule has 3 heterocycles. The molecule has 1 aliphatic heterocycles. The smallest absolute Gasteiger partial charge is 0.164 e. The molecule has 0 saturated carbocycles.